The molecule has 0 saturated carbocycles. The van der Waals surface area contributed by atoms with Gasteiger partial charge in [-0.15, -0.1) is 0 Å². The average Bonchev–Trinajstić information content (AvgIpc) is 3.58. The number of rotatable bonds is 4. The van der Waals surface area contributed by atoms with Crippen molar-refractivity contribution in [2.45, 2.75) is 0 Å². The van der Waals surface area contributed by atoms with Crippen LogP contribution in [0, 0.1) is 0 Å². The van der Waals surface area contributed by atoms with Gasteiger partial charge < -0.3 is 4.57 Å². The van der Waals surface area contributed by atoms with Crippen LogP contribution in [0.3, 0.4) is 0 Å². The molecule has 0 bridgehead atoms. The van der Waals surface area contributed by atoms with Crippen LogP contribution in [-0.2, 0) is 0 Å². The molecule has 246 valence electrons. The summed E-state index contributed by atoms with van der Waals surface area (Å²) in [5.74, 6) is 0.690. The van der Waals surface area contributed by atoms with E-state index in [0.29, 0.717) is 5.82 Å². The highest BCUT2D eigenvalue weighted by Crippen LogP contribution is 2.43. The second kappa shape index (κ2) is 11.7. The molecule has 0 aliphatic rings. The normalized spacial score (nSPS) is 11.8. The number of pyridine rings is 1. The average molecular weight is 675 g/mol. The van der Waals surface area contributed by atoms with E-state index in [2.05, 4.69) is 174 Å². The molecule has 0 spiro atoms. The van der Waals surface area contributed by atoms with Gasteiger partial charge in [-0.3, -0.25) is 0 Å². The number of para-hydroxylation sites is 3. The van der Waals surface area contributed by atoms with Gasteiger partial charge in [0.15, 0.2) is 5.82 Å². The number of hydrogen-bond donors (Lipinski definition) is 0. The van der Waals surface area contributed by atoms with E-state index >= 15 is 0 Å². The molecule has 3 heterocycles. The summed E-state index contributed by atoms with van der Waals surface area (Å²) in [6.07, 6.45) is 3.84. The molecule has 0 fully saturated rings. The largest absolute Gasteiger partial charge is 0.309 e. The molecule has 11 rings (SSSR count). The SMILES string of the molecule is c1ccc2c(c1)nc(-c1ccc(-c3ncc(-c4ccc(-n5c6ccccc6c6ccccc65)cc4)cn3)cc1)c1c3ccccc3c3ccccc3c21. The van der Waals surface area contributed by atoms with Crippen molar-refractivity contribution in [3.05, 3.63) is 182 Å². The Balaban J connectivity index is 0.954. The molecule has 53 heavy (non-hydrogen) atoms. The van der Waals surface area contributed by atoms with Crippen molar-refractivity contribution in [3.63, 3.8) is 0 Å². The van der Waals surface area contributed by atoms with Gasteiger partial charge in [-0.05, 0) is 57.4 Å². The molecule has 3 aromatic heterocycles. The summed E-state index contributed by atoms with van der Waals surface area (Å²) in [6.45, 7) is 0. The molecule has 0 aliphatic heterocycles. The molecule has 0 radical (unpaired) electrons. The Morgan fingerprint density at radius 2 is 0.811 bits per heavy atom. The first-order valence-corrected chi connectivity index (χ1v) is 17.9. The number of benzene rings is 8. The number of hydrogen-bond acceptors (Lipinski definition) is 3. The Labute approximate surface area is 305 Å². The zero-order valence-electron chi connectivity index (χ0n) is 28.6. The molecule has 11 aromatic rings. The van der Waals surface area contributed by atoms with Crippen molar-refractivity contribution in [3.8, 4) is 39.5 Å². The van der Waals surface area contributed by atoms with Crippen LogP contribution in [0.15, 0.2) is 182 Å². The standard InChI is InChI=1S/C49H30N4/c1-3-15-40-36(11-1)37-12-2-4-16-41(37)47-46(40)42-17-5-8-18-43(42)52-48(47)32-21-23-33(24-22-32)49-50-29-34(30-51-49)31-25-27-35(28-26-31)53-44-19-9-6-13-38(44)39-14-7-10-20-45(39)53/h1-30H. The number of fused-ring (bicyclic) bond motifs is 11. The van der Waals surface area contributed by atoms with E-state index in [9.17, 15) is 0 Å². The first kappa shape index (κ1) is 29.5. The van der Waals surface area contributed by atoms with Gasteiger partial charge in [-0.25, -0.2) is 15.0 Å². The summed E-state index contributed by atoms with van der Waals surface area (Å²) < 4.78 is 2.33. The first-order valence-electron chi connectivity index (χ1n) is 17.9. The number of nitrogens with zero attached hydrogens (tertiary/aromatic N) is 4. The predicted molar refractivity (Wildman–Crippen MR) is 220 cm³/mol. The van der Waals surface area contributed by atoms with Crippen molar-refractivity contribution < 1.29 is 0 Å². The lowest BCUT2D eigenvalue weighted by Crippen LogP contribution is -1.94. The minimum absolute atomic E-state index is 0.690. The smallest absolute Gasteiger partial charge is 0.159 e. The molecule has 0 saturated heterocycles. The molecular weight excluding hydrogens is 645 g/mol. The quantitative estimate of drug-likeness (QED) is 0.175. The van der Waals surface area contributed by atoms with Crippen molar-refractivity contribution in [1.29, 1.82) is 0 Å². The van der Waals surface area contributed by atoms with Crippen molar-refractivity contribution in [2.75, 3.05) is 0 Å². The highest BCUT2D eigenvalue weighted by atomic mass is 15.0. The van der Waals surface area contributed by atoms with Crippen LogP contribution in [-0.4, -0.2) is 19.5 Å². The fourth-order valence-electron chi connectivity index (χ4n) is 8.24. The molecule has 4 heteroatoms. The molecule has 8 aromatic carbocycles. The highest BCUT2D eigenvalue weighted by molar-refractivity contribution is 6.33. The lowest BCUT2D eigenvalue weighted by molar-refractivity contribution is 1.17. The third kappa shape index (κ3) is 4.59. The summed E-state index contributed by atoms with van der Waals surface area (Å²) in [7, 11) is 0. The Bertz CT molecular complexity index is 3140. The van der Waals surface area contributed by atoms with Gasteiger partial charge in [0.05, 0.1) is 22.2 Å². The van der Waals surface area contributed by atoms with Crippen LogP contribution < -0.4 is 0 Å². The van der Waals surface area contributed by atoms with E-state index in [-0.39, 0.29) is 0 Å². The summed E-state index contributed by atoms with van der Waals surface area (Å²) in [6, 6.07) is 60.3. The fourth-order valence-corrected chi connectivity index (χ4v) is 8.24. The lowest BCUT2D eigenvalue weighted by atomic mass is 9.90. The van der Waals surface area contributed by atoms with Crippen molar-refractivity contribution in [1.82, 2.24) is 19.5 Å². The summed E-state index contributed by atoms with van der Waals surface area (Å²) in [4.78, 5) is 14.9. The summed E-state index contributed by atoms with van der Waals surface area (Å²) in [5.41, 5.74) is 9.56. The van der Waals surface area contributed by atoms with Crippen LogP contribution in [0.5, 0.6) is 0 Å². The van der Waals surface area contributed by atoms with Crippen LogP contribution in [0.2, 0.25) is 0 Å². The van der Waals surface area contributed by atoms with E-state index in [0.717, 1.165) is 39.2 Å². The zero-order valence-corrected chi connectivity index (χ0v) is 28.6. The molecular formula is C49H30N4. The van der Waals surface area contributed by atoms with E-state index in [1.807, 2.05) is 12.4 Å². The summed E-state index contributed by atoms with van der Waals surface area (Å²) >= 11 is 0. The van der Waals surface area contributed by atoms with Crippen LogP contribution in [0.25, 0.3) is 104 Å². The molecule has 4 nitrogen and oxygen atoms in total. The summed E-state index contributed by atoms with van der Waals surface area (Å²) in [5, 5.41) is 11.0. The maximum Gasteiger partial charge on any atom is 0.159 e. The molecule has 0 aliphatic carbocycles. The predicted octanol–water partition coefficient (Wildman–Crippen LogP) is 12.6. The van der Waals surface area contributed by atoms with E-state index < -0.39 is 0 Å². The Kier molecular flexibility index (Phi) is 6.52. The van der Waals surface area contributed by atoms with Crippen LogP contribution in [0.1, 0.15) is 0 Å². The van der Waals surface area contributed by atoms with E-state index in [4.69, 9.17) is 15.0 Å². The van der Waals surface area contributed by atoms with Gasteiger partial charge in [-0.2, -0.15) is 0 Å². The maximum atomic E-state index is 5.30. The van der Waals surface area contributed by atoms with Crippen LogP contribution >= 0.6 is 0 Å². The topological polar surface area (TPSA) is 43.6 Å². The third-order valence-corrected chi connectivity index (χ3v) is 10.7. The van der Waals surface area contributed by atoms with Crippen LogP contribution in [0.4, 0.5) is 0 Å². The van der Waals surface area contributed by atoms with Gasteiger partial charge >= 0.3 is 0 Å². The van der Waals surface area contributed by atoms with Crippen molar-refractivity contribution in [2.24, 2.45) is 0 Å². The second-order valence-corrected chi connectivity index (χ2v) is 13.6. The van der Waals surface area contributed by atoms with Crippen molar-refractivity contribution >= 4 is 65.0 Å². The Morgan fingerprint density at radius 3 is 1.43 bits per heavy atom. The monoisotopic (exact) mass is 674 g/mol. The van der Waals surface area contributed by atoms with Gasteiger partial charge in [-0.1, -0.05) is 140 Å². The van der Waals surface area contributed by atoms with Gasteiger partial charge in [0.1, 0.15) is 0 Å². The molecule has 0 amide bonds. The highest BCUT2D eigenvalue weighted by Gasteiger charge is 2.18. The van der Waals surface area contributed by atoms with E-state index in [1.54, 1.807) is 0 Å². The van der Waals surface area contributed by atoms with Gasteiger partial charge in [0, 0.05) is 61.7 Å². The minimum Gasteiger partial charge on any atom is -0.309 e. The fraction of sp³-hybridized carbons (Fsp3) is 0. The third-order valence-electron chi connectivity index (χ3n) is 10.7. The maximum absolute atomic E-state index is 5.30. The Hall–Kier alpha value is -7.17. The van der Waals surface area contributed by atoms with E-state index in [1.165, 1.54) is 59.5 Å². The Morgan fingerprint density at radius 1 is 0.340 bits per heavy atom. The van der Waals surface area contributed by atoms with Gasteiger partial charge in [0.2, 0.25) is 0 Å². The molecule has 0 unspecified atom stereocenters. The molecule has 0 N–H and O–H groups in total. The van der Waals surface area contributed by atoms with Gasteiger partial charge in [0.25, 0.3) is 0 Å². The number of aromatic nitrogens is 4. The zero-order chi connectivity index (χ0) is 34.9. The second-order valence-electron chi connectivity index (χ2n) is 13.6. The minimum atomic E-state index is 0.690. The first-order chi connectivity index (χ1) is 26.3. The lowest BCUT2D eigenvalue weighted by Gasteiger charge is -2.16. The molecule has 0 atom stereocenters.